The minimum atomic E-state index is -0.426. The molecule has 6 heteroatoms. The second-order valence-corrected chi connectivity index (χ2v) is 4.25. The van der Waals surface area contributed by atoms with Crippen molar-refractivity contribution >= 4 is 5.97 Å². The van der Waals surface area contributed by atoms with Crippen LogP contribution >= 0.6 is 0 Å². The highest BCUT2D eigenvalue weighted by Gasteiger charge is 2.23. The number of hydrogen-bond acceptors (Lipinski definition) is 6. The van der Waals surface area contributed by atoms with E-state index < -0.39 is 5.97 Å². The third kappa shape index (κ3) is 2.10. The molecular weight excluding hydrogens is 246 g/mol. The molecule has 3 heterocycles. The summed E-state index contributed by atoms with van der Waals surface area (Å²) in [7, 11) is 1.36. The molecule has 1 N–H and O–H groups in total. The van der Waals surface area contributed by atoms with Gasteiger partial charge < -0.3 is 14.5 Å². The second kappa shape index (κ2) is 4.81. The van der Waals surface area contributed by atoms with Crippen LogP contribution in [0.5, 0.6) is 0 Å². The Morgan fingerprint density at radius 3 is 3.11 bits per heavy atom. The largest absolute Gasteiger partial charge is 0.472 e. The van der Waals surface area contributed by atoms with Gasteiger partial charge in [-0.3, -0.25) is 0 Å². The smallest absolute Gasteiger partial charge is 0.357 e. The Morgan fingerprint density at radius 2 is 2.37 bits per heavy atom. The van der Waals surface area contributed by atoms with Gasteiger partial charge in [0.25, 0.3) is 0 Å². The SMILES string of the molecule is COC(=O)c1nc(-c2ccoc2)nc2c1CCNC2. The first-order chi connectivity index (χ1) is 9.29. The molecular formula is C13H13N3O3. The molecule has 0 fully saturated rings. The predicted molar refractivity (Wildman–Crippen MR) is 66.5 cm³/mol. The van der Waals surface area contributed by atoms with Gasteiger partial charge >= 0.3 is 5.97 Å². The maximum atomic E-state index is 11.9. The van der Waals surface area contributed by atoms with Crippen LogP contribution in [-0.2, 0) is 17.7 Å². The second-order valence-electron chi connectivity index (χ2n) is 4.25. The molecule has 2 aromatic heterocycles. The quantitative estimate of drug-likeness (QED) is 0.816. The molecule has 0 bridgehead atoms. The maximum absolute atomic E-state index is 11.9. The number of fused-ring (bicyclic) bond motifs is 1. The fourth-order valence-corrected chi connectivity index (χ4v) is 2.15. The molecule has 0 aromatic carbocycles. The highest BCUT2D eigenvalue weighted by atomic mass is 16.5. The lowest BCUT2D eigenvalue weighted by Crippen LogP contribution is -2.28. The topological polar surface area (TPSA) is 77.2 Å². The summed E-state index contributed by atoms with van der Waals surface area (Å²) in [5.41, 5.74) is 2.82. The number of ether oxygens (including phenoxy) is 1. The van der Waals surface area contributed by atoms with E-state index in [4.69, 9.17) is 9.15 Å². The van der Waals surface area contributed by atoms with Gasteiger partial charge in [-0.05, 0) is 19.0 Å². The molecule has 1 aliphatic rings. The zero-order chi connectivity index (χ0) is 13.2. The summed E-state index contributed by atoms with van der Waals surface area (Å²) in [4.78, 5) is 20.7. The van der Waals surface area contributed by atoms with Crippen molar-refractivity contribution in [2.45, 2.75) is 13.0 Å². The average molecular weight is 259 g/mol. The van der Waals surface area contributed by atoms with Crippen LogP contribution in [0.3, 0.4) is 0 Å². The van der Waals surface area contributed by atoms with Crippen LogP contribution in [0.4, 0.5) is 0 Å². The van der Waals surface area contributed by atoms with Crippen LogP contribution in [0, 0.1) is 0 Å². The average Bonchev–Trinajstić information content (AvgIpc) is 2.99. The number of esters is 1. The van der Waals surface area contributed by atoms with Gasteiger partial charge in [-0.1, -0.05) is 0 Å². The summed E-state index contributed by atoms with van der Waals surface area (Å²) in [6, 6.07) is 1.76. The van der Waals surface area contributed by atoms with Crippen molar-refractivity contribution in [3.05, 3.63) is 35.5 Å². The van der Waals surface area contributed by atoms with E-state index in [9.17, 15) is 4.79 Å². The summed E-state index contributed by atoms with van der Waals surface area (Å²) in [6.45, 7) is 1.44. The Hall–Kier alpha value is -2.21. The normalized spacial score (nSPS) is 13.9. The monoisotopic (exact) mass is 259 g/mol. The number of aromatic nitrogens is 2. The minimum absolute atomic E-state index is 0.352. The van der Waals surface area contributed by atoms with Crippen LogP contribution in [-0.4, -0.2) is 29.6 Å². The molecule has 0 unspecified atom stereocenters. The fourth-order valence-electron chi connectivity index (χ4n) is 2.15. The minimum Gasteiger partial charge on any atom is -0.472 e. The summed E-state index contributed by atoms with van der Waals surface area (Å²) in [5.74, 6) is 0.0573. The van der Waals surface area contributed by atoms with E-state index in [0.29, 0.717) is 18.1 Å². The summed E-state index contributed by atoms with van der Waals surface area (Å²) >= 11 is 0. The number of hydrogen-bond donors (Lipinski definition) is 1. The Balaban J connectivity index is 2.16. The van der Waals surface area contributed by atoms with E-state index in [-0.39, 0.29) is 0 Å². The van der Waals surface area contributed by atoms with Crippen LogP contribution in [0.15, 0.2) is 23.0 Å². The van der Waals surface area contributed by atoms with Crippen molar-refractivity contribution < 1.29 is 13.9 Å². The van der Waals surface area contributed by atoms with Crippen LogP contribution in [0.2, 0.25) is 0 Å². The molecule has 1 aliphatic heterocycles. The lowest BCUT2D eigenvalue weighted by atomic mass is 10.0. The molecule has 2 aromatic rings. The fraction of sp³-hybridized carbons (Fsp3) is 0.308. The van der Waals surface area contributed by atoms with Gasteiger partial charge in [-0.15, -0.1) is 0 Å². The first-order valence-corrected chi connectivity index (χ1v) is 6.01. The van der Waals surface area contributed by atoms with Gasteiger partial charge in [-0.25, -0.2) is 14.8 Å². The number of carbonyl (C=O) groups excluding carboxylic acids is 1. The van der Waals surface area contributed by atoms with Crippen molar-refractivity contribution in [1.29, 1.82) is 0 Å². The predicted octanol–water partition coefficient (Wildman–Crippen LogP) is 1.17. The van der Waals surface area contributed by atoms with Gasteiger partial charge in [-0.2, -0.15) is 0 Å². The van der Waals surface area contributed by atoms with E-state index in [0.717, 1.165) is 29.8 Å². The molecule has 98 valence electrons. The summed E-state index contributed by atoms with van der Waals surface area (Å²) < 4.78 is 9.83. The first-order valence-electron chi connectivity index (χ1n) is 6.01. The lowest BCUT2D eigenvalue weighted by molar-refractivity contribution is 0.0592. The number of carbonyl (C=O) groups is 1. The molecule has 0 aliphatic carbocycles. The lowest BCUT2D eigenvalue weighted by Gasteiger charge is -2.18. The zero-order valence-electron chi connectivity index (χ0n) is 10.5. The van der Waals surface area contributed by atoms with E-state index in [1.807, 2.05) is 0 Å². The van der Waals surface area contributed by atoms with Crippen molar-refractivity contribution in [2.75, 3.05) is 13.7 Å². The van der Waals surface area contributed by atoms with Crippen LogP contribution < -0.4 is 5.32 Å². The number of nitrogens with zero attached hydrogens (tertiary/aromatic N) is 2. The number of furan rings is 1. The molecule has 0 amide bonds. The highest BCUT2D eigenvalue weighted by Crippen LogP contribution is 2.22. The zero-order valence-corrected chi connectivity index (χ0v) is 10.5. The van der Waals surface area contributed by atoms with Crippen LogP contribution in [0.1, 0.15) is 21.7 Å². The molecule has 19 heavy (non-hydrogen) atoms. The Morgan fingerprint density at radius 1 is 1.47 bits per heavy atom. The van der Waals surface area contributed by atoms with Gasteiger partial charge in [0.15, 0.2) is 11.5 Å². The Labute approximate surface area is 109 Å². The molecule has 0 atom stereocenters. The third-order valence-electron chi connectivity index (χ3n) is 3.10. The van der Waals surface area contributed by atoms with Crippen LogP contribution in [0.25, 0.3) is 11.4 Å². The highest BCUT2D eigenvalue weighted by molar-refractivity contribution is 5.89. The van der Waals surface area contributed by atoms with Gasteiger partial charge in [0.1, 0.15) is 6.26 Å². The Kier molecular flexibility index (Phi) is 3.00. The summed E-state index contributed by atoms with van der Waals surface area (Å²) in [5, 5.41) is 3.23. The Bertz CT molecular complexity index is 608. The molecule has 0 saturated heterocycles. The molecule has 0 radical (unpaired) electrons. The first kappa shape index (κ1) is 11.9. The molecule has 0 spiro atoms. The van der Waals surface area contributed by atoms with Gasteiger partial charge in [0.2, 0.25) is 0 Å². The standard InChI is InChI=1S/C13H13N3O3/c1-18-13(17)11-9-2-4-14-6-10(9)15-12(16-11)8-3-5-19-7-8/h3,5,7,14H,2,4,6H2,1H3. The van der Waals surface area contributed by atoms with Crippen molar-refractivity contribution in [1.82, 2.24) is 15.3 Å². The van der Waals surface area contributed by atoms with Gasteiger partial charge in [0, 0.05) is 12.1 Å². The number of methoxy groups -OCH3 is 1. The van der Waals surface area contributed by atoms with E-state index in [1.165, 1.54) is 7.11 Å². The third-order valence-corrected chi connectivity index (χ3v) is 3.10. The summed E-state index contributed by atoms with van der Waals surface area (Å²) in [6.07, 6.45) is 3.83. The number of nitrogens with one attached hydrogen (secondary N) is 1. The van der Waals surface area contributed by atoms with Crippen molar-refractivity contribution in [2.24, 2.45) is 0 Å². The van der Waals surface area contributed by atoms with E-state index in [1.54, 1.807) is 18.6 Å². The maximum Gasteiger partial charge on any atom is 0.357 e. The molecule has 3 rings (SSSR count). The van der Waals surface area contributed by atoms with E-state index in [2.05, 4.69) is 15.3 Å². The molecule has 0 saturated carbocycles. The van der Waals surface area contributed by atoms with Crippen molar-refractivity contribution in [3.63, 3.8) is 0 Å². The van der Waals surface area contributed by atoms with Gasteiger partial charge in [0.05, 0.1) is 24.6 Å². The van der Waals surface area contributed by atoms with E-state index >= 15 is 0 Å². The van der Waals surface area contributed by atoms with Crippen molar-refractivity contribution in [3.8, 4) is 11.4 Å². The number of rotatable bonds is 2. The molecule has 6 nitrogen and oxygen atoms in total.